The van der Waals surface area contributed by atoms with Crippen molar-refractivity contribution < 1.29 is 22.8 Å². The number of aromatic nitrogens is 1. The van der Waals surface area contributed by atoms with Gasteiger partial charge in [-0.2, -0.15) is 13.2 Å². The standard InChI is InChI=1S/C28H20F3N3O2/c29-28(30,31)21-13-11-20(12-14-21)23-5-1-2-6-24(23)27(36)33-22-15-8-19(9-16-22)10-17-26(35)34-25-7-3-4-18-32-25/h1-18H,(H,33,36)(H,32,34,35). The zero-order valence-corrected chi connectivity index (χ0v) is 18.8. The van der Waals surface area contributed by atoms with Crippen LogP contribution in [0, 0.1) is 0 Å². The van der Waals surface area contributed by atoms with Crippen LogP contribution in [0.15, 0.2) is 103 Å². The van der Waals surface area contributed by atoms with Gasteiger partial charge in [-0.15, -0.1) is 0 Å². The Bertz CT molecular complexity index is 1380. The van der Waals surface area contributed by atoms with E-state index in [1.807, 2.05) is 0 Å². The zero-order valence-electron chi connectivity index (χ0n) is 18.8. The molecule has 4 aromatic rings. The van der Waals surface area contributed by atoms with Gasteiger partial charge in [0.25, 0.3) is 5.91 Å². The fourth-order valence-corrected chi connectivity index (χ4v) is 3.42. The lowest BCUT2D eigenvalue weighted by Gasteiger charge is -2.12. The second-order valence-electron chi connectivity index (χ2n) is 7.73. The molecule has 1 aromatic heterocycles. The molecule has 36 heavy (non-hydrogen) atoms. The second kappa shape index (κ2) is 10.7. The lowest BCUT2D eigenvalue weighted by Crippen LogP contribution is -2.13. The molecule has 0 bridgehead atoms. The van der Waals surface area contributed by atoms with Gasteiger partial charge in [-0.3, -0.25) is 9.59 Å². The SMILES string of the molecule is O=C(C=Cc1ccc(NC(=O)c2ccccc2-c2ccc(C(F)(F)F)cc2)cc1)Nc1ccccn1. The van der Waals surface area contributed by atoms with Gasteiger partial charge in [0, 0.05) is 23.5 Å². The molecule has 0 saturated carbocycles. The van der Waals surface area contributed by atoms with Crippen molar-refractivity contribution in [2.75, 3.05) is 10.6 Å². The number of halogens is 3. The summed E-state index contributed by atoms with van der Waals surface area (Å²) < 4.78 is 38.7. The van der Waals surface area contributed by atoms with Crippen molar-refractivity contribution in [3.63, 3.8) is 0 Å². The number of nitrogens with zero attached hydrogens (tertiary/aromatic N) is 1. The molecule has 0 unspecified atom stereocenters. The largest absolute Gasteiger partial charge is 0.416 e. The molecule has 0 atom stereocenters. The Hall–Kier alpha value is -4.72. The summed E-state index contributed by atoms with van der Waals surface area (Å²) in [5.41, 5.74) is 1.86. The van der Waals surface area contributed by atoms with Crippen molar-refractivity contribution in [3.05, 3.63) is 120 Å². The molecule has 0 saturated heterocycles. The van der Waals surface area contributed by atoms with Crippen LogP contribution in [0.4, 0.5) is 24.7 Å². The van der Waals surface area contributed by atoms with E-state index in [0.29, 0.717) is 28.2 Å². The van der Waals surface area contributed by atoms with Crippen LogP contribution in [0.2, 0.25) is 0 Å². The van der Waals surface area contributed by atoms with E-state index in [1.54, 1.807) is 79.0 Å². The highest BCUT2D eigenvalue weighted by atomic mass is 19.4. The highest BCUT2D eigenvalue weighted by Crippen LogP contribution is 2.32. The molecule has 8 heteroatoms. The molecule has 4 rings (SSSR count). The predicted molar refractivity (Wildman–Crippen MR) is 133 cm³/mol. The van der Waals surface area contributed by atoms with Crippen molar-refractivity contribution in [1.29, 1.82) is 0 Å². The van der Waals surface area contributed by atoms with Gasteiger partial charge >= 0.3 is 6.18 Å². The number of carbonyl (C=O) groups is 2. The van der Waals surface area contributed by atoms with Gasteiger partial charge in [0.1, 0.15) is 5.82 Å². The summed E-state index contributed by atoms with van der Waals surface area (Å²) in [5.74, 6) is -0.281. The van der Waals surface area contributed by atoms with E-state index < -0.39 is 17.6 Å². The predicted octanol–water partition coefficient (Wildman–Crippen LogP) is 6.67. The molecule has 2 N–H and O–H groups in total. The Labute approximate surface area is 205 Å². The molecule has 5 nitrogen and oxygen atoms in total. The second-order valence-corrected chi connectivity index (χ2v) is 7.73. The summed E-state index contributed by atoms with van der Waals surface area (Å²) in [6, 6.07) is 23.4. The third kappa shape index (κ3) is 6.24. The van der Waals surface area contributed by atoms with Crippen LogP contribution in [0.5, 0.6) is 0 Å². The van der Waals surface area contributed by atoms with E-state index in [1.165, 1.54) is 18.2 Å². The maximum absolute atomic E-state index is 12.9. The minimum Gasteiger partial charge on any atom is -0.322 e. The number of benzene rings is 3. The number of hydrogen-bond donors (Lipinski definition) is 2. The number of hydrogen-bond acceptors (Lipinski definition) is 3. The van der Waals surface area contributed by atoms with Gasteiger partial charge in [0.05, 0.1) is 5.56 Å². The lowest BCUT2D eigenvalue weighted by molar-refractivity contribution is -0.137. The third-order valence-electron chi connectivity index (χ3n) is 5.21. The Morgan fingerprint density at radius 3 is 2.14 bits per heavy atom. The van der Waals surface area contributed by atoms with Crippen LogP contribution >= 0.6 is 0 Å². The smallest absolute Gasteiger partial charge is 0.322 e. The molecule has 0 fully saturated rings. The molecule has 180 valence electrons. The fraction of sp³-hybridized carbons (Fsp3) is 0.0357. The van der Waals surface area contributed by atoms with Crippen molar-refractivity contribution in [3.8, 4) is 11.1 Å². The van der Waals surface area contributed by atoms with Gasteiger partial charge in [-0.25, -0.2) is 4.98 Å². The van der Waals surface area contributed by atoms with Crippen molar-refractivity contribution in [2.45, 2.75) is 6.18 Å². The molecule has 3 aromatic carbocycles. The molecule has 2 amide bonds. The molecule has 0 spiro atoms. The quantitative estimate of drug-likeness (QED) is 0.298. The van der Waals surface area contributed by atoms with Gasteiger partial charge in [-0.05, 0) is 65.2 Å². The fourth-order valence-electron chi connectivity index (χ4n) is 3.42. The van der Waals surface area contributed by atoms with Crippen molar-refractivity contribution in [2.24, 2.45) is 0 Å². The van der Waals surface area contributed by atoms with Crippen molar-refractivity contribution >= 4 is 29.4 Å². The molecule has 1 heterocycles. The average molecular weight is 487 g/mol. The van der Waals surface area contributed by atoms with Crippen molar-refractivity contribution in [1.82, 2.24) is 4.98 Å². The van der Waals surface area contributed by atoms with Gasteiger partial charge in [0.15, 0.2) is 0 Å². The molecule has 0 aliphatic heterocycles. The Kier molecular flexibility index (Phi) is 7.25. The summed E-state index contributed by atoms with van der Waals surface area (Å²) in [7, 11) is 0. The van der Waals surface area contributed by atoms with E-state index in [9.17, 15) is 22.8 Å². The number of pyridine rings is 1. The van der Waals surface area contributed by atoms with E-state index >= 15 is 0 Å². The molecule has 0 aliphatic rings. The zero-order chi connectivity index (χ0) is 25.5. The number of carbonyl (C=O) groups excluding carboxylic acids is 2. The van der Waals surface area contributed by atoms with E-state index in [2.05, 4.69) is 15.6 Å². The summed E-state index contributed by atoms with van der Waals surface area (Å²) in [5, 5.41) is 5.45. The summed E-state index contributed by atoms with van der Waals surface area (Å²) in [4.78, 5) is 29.0. The topological polar surface area (TPSA) is 71.1 Å². The first-order chi connectivity index (χ1) is 17.3. The van der Waals surface area contributed by atoms with Crippen LogP contribution in [0.25, 0.3) is 17.2 Å². The Morgan fingerprint density at radius 1 is 0.778 bits per heavy atom. The van der Waals surface area contributed by atoms with Gasteiger partial charge in [-0.1, -0.05) is 48.5 Å². The lowest BCUT2D eigenvalue weighted by atomic mass is 9.98. The first kappa shape index (κ1) is 24.4. The minimum absolute atomic E-state index is 0.326. The monoisotopic (exact) mass is 487 g/mol. The molecular weight excluding hydrogens is 467 g/mol. The van der Waals surface area contributed by atoms with Crippen LogP contribution in [0.1, 0.15) is 21.5 Å². The maximum Gasteiger partial charge on any atom is 0.416 e. The molecule has 0 radical (unpaired) electrons. The van der Waals surface area contributed by atoms with E-state index in [4.69, 9.17) is 0 Å². The number of rotatable bonds is 6. The number of anilines is 2. The first-order valence-corrected chi connectivity index (χ1v) is 10.9. The Morgan fingerprint density at radius 2 is 1.47 bits per heavy atom. The molecular formula is C28H20F3N3O2. The third-order valence-corrected chi connectivity index (χ3v) is 5.21. The van der Waals surface area contributed by atoms with Gasteiger partial charge < -0.3 is 10.6 Å². The van der Waals surface area contributed by atoms with Crippen LogP contribution in [0.3, 0.4) is 0 Å². The number of nitrogens with one attached hydrogen (secondary N) is 2. The summed E-state index contributed by atoms with van der Waals surface area (Å²) in [6.45, 7) is 0. The van der Waals surface area contributed by atoms with Crippen LogP contribution in [-0.2, 0) is 11.0 Å². The first-order valence-electron chi connectivity index (χ1n) is 10.9. The average Bonchev–Trinajstić information content (AvgIpc) is 2.88. The van der Waals surface area contributed by atoms with Crippen LogP contribution in [-0.4, -0.2) is 16.8 Å². The minimum atomic E-state index is -4.43. The molecule has 0 aliphatic carbocycles. The number of alkyl halides is 3. The summed E-state index contributed by atoms with van der Waals surface area (Å²) in [6.07, 6.45) is 0.153. The van der Waals surface area contributed by atoms with Crippen LogP contribution < -0.4 is 10.6 Å². The normalized spacial score (nSPS) is 11.3. The maximum atomic E-state index is 12.9. The highest BCUT2D eigenvalue weighted by Gasteiger charge is 2.30. The van der Waals surface area contributed by atoms with E-state index in [-0.39, 0.29) is 5.91 Å². The van der Waals surface area contributed by atoms with E-state index in [0.717, 1.165) is 17.7 Å². The summed E-state index contributed by atoms with van der Waals surface area (Å²) >= 11 is 0. The van der Waals surface area contributed by atoms with Gasteiger partial charge in [0.2, 0.25) is 5.91 Å². The number of amides is 2. The Balaban J connectivity index is 1.43. The highest BCUT2D eigenvalue weighted by molar-refractivity contribution is 6.08.